The molecular formula is C19H14ClFN2O3. The van der Waals surface area contributed by atoms with Crippen molar-refractivity contribution in [2.24, 2.45) is 0 Å². The van der Waals surface area contributed by atoms with Gasteiger partial charge in [-0.15, -0.1) is 0 Å². The highest BCUT2D eigenvalue weighted by Crippen LogP contribution is 2.30. The lowest BCUT2D eigenvalue weighted by Crippen LogP contribution is -2.15. The summed E-state index contributed by atoms with van der Waals surface area (Å²) in [6, 6.07) is 11.5. The number of halogens is 2. The van der Waals surface area contributed by atoms with Crippen LogP contribution < -0.4 is 15.6 Å². The number of amides is 1. The highest BCUT2D eigenvalue weighted by Gasteiger charge is 2.15. The average Bonchev–Trinajstić information content (AvgIpc) is 2.58. The summed E-state index contributed by atoms with van der Waals surface area (Å²) in [7, 11) is 0. The minimum absolute atomic E-state index is 0.182. The Hall–Kier alpha value is -3.12. The summed E-state index contributed by atoms with van der Waals surface area (Å²) in [5.41, 5.74) is 0.761. The molecule has 3 rings (SSSR count). The molecule has 5 nitrogen and oxygen atoms in total. The third kappa shape index (κ3) is 4.10. The van der Waals surface area contributed by atoms with Crippen LogP contribution in [0.15, 0.2) is 59.5 Å². The van der Waals surface area contributed by atoms with Gasteiger partial charge in [0.05, 0.1) is 5.56 Å². The zero-order valence-electron chi connectivity index (χ0n) is 13.7. The molecule has 0 saturated carbocycles. The van der Waals surface area contributed by atoms with Gasteiger partial charge < -0.3 is 15.0 Å². The molecule has 0 radical (unpaired) electrons. The van der Waals surface area contributed by atoms with Crippen molar-refractivity contribution in [2.75, 3.05) is 5.32 Å². The van der Waals surface area contributed by atoms with Gasteiger partial charge in [0.15, 0.2) is 0 Å². The quantitative estimate of drug-likeness (QED) is 0.707. The van der Waals surface area contributed by atoms with Gasteiger partial charge in [-0.05, 0) is 55.0 Å². The van der Waals surface area contributed by atoms with Gasteiger partial charge in [-0.25, -0.2) is 4.39 Å². The standard InChI is InChI=1S/C19H14ClFN2O3/c1-11-8-13(21)3-5-16(11)26-17-4-2-12(20)9-15(17)19(25)23-14-6-7-22-18(24)10-14/h2-10H,1H3,(H2,22,23,24,25). The Kier molecular flexibility index (Phi) is 5.04. The van der Waals surface area contributed by atoms with Crippen molar-refractivity contribution < 1.29 is 13.9 Å². The van der Waals surface area contributed by atoms with Crippen molar-refractivity contribution in [1.82, 2.24) is 4.98 Å². The Labute approximate surface area is 153 Å². The van der Waals surface area contributed by atoms with Crippen molar-refractivity contribution in [1.29, 1.82) is 0 Å². The fourth-order valence-corrected chi connectivity index (χ4v) is 2.51. The van der Waals surface area contributed by atoms with Gasteiger partial charge in [0.25, 0.3) is 5.91 Å². The molecule has 2 N–H and O–H groups in total. The maximum atomic E-state index is 13.3. The Morgan fingerprint density at radius 2 is 1.88 bits per heavy atom. The molecule has 1 heterocycles. The van der Waals surface area contributed by atoms with E-state index in [-0.39, 0.29) is 22.7 Å². The number of hydrogen-bond donors (Lipinski definition) is 2. The Morgan fingerprint density at radius 3 is 2.62 bits per heavy atom. The third-order valence-corrected chi connectivity index (χ3v) is 3.81. The van der Waals surface area contributed by atoms with Gasteiger partial charge in [0.2, 0.25) is 5.56 Å². The molecule has 0 atom stereocenters. The van der Waals surface area contributed by atoms with E-state index in [0.29, 0.717) is 22.0 Å². The second kappa shape index (κ2) is 7.41. The van der Waals surface area contributed by atoms with Gasteiger partial charge in [-0.3, -0.25) is 9.59 Å². The van der Waals surface area contributed by atoms with Crippen molar-refractivity contribution >= 4 is 23.2 Å². The van der Waals surface area contributed by atoms with E-state index in [0.717, 1.165) is 0 Å². The molecule has 132 valence electrons. The van der Waals surface area contributed by atoms with Crippen LogP contribution in [0.4, 0.5) is 10.1 Å². The second-order valence-corrected chi connectivity index (χ2v) is 5.98. The van der Waals surface area contributed by atoms with Crippen LogP contribution in [0.2, 0.25) is 5.02 Å². The van der Waals surface area contributed by atoms with E-state index in [1.54, 1.807) is 25.1 Å². The summed E-state index contributed by atoms with van der Waals surface area (Å²) in [5, 5.41) is 2.97. The molecule has 0 fully saturated rings. The number of carbonyl (C=O) groups is 1. The minimum atomic E-state index is -0.493. The van der Waals surface area contributed by atoms with Gasteiger partial charge in [0, 0.05) is 23.0 Å². The molecule has 0 aliphatic heterocycles. The lowest BCUT2D eigenvalue weighted by atomic mass is 10.1. The summed E-state index contributed by atoms with van der Waals surface area (Å²) < 4.78 is 19.0. The second-order valence-electron chi connectivity index (χ2n) is 5.55. The maximum absolute atomic E-state index is 13.3. The van der Waals surface area contributed by atoms with Crippen LogP contribution in [0.25, 0.3) is 0 Å². The fraction of sp³-hybridized carbons (Fsp3) is 0.0526. The molecule has 0 unspecified atom stereocenters. The number of aryl methyl sites for hydroxylation is 1. The molecule has 0 aliphatic rings. The van der Waals surface area contributed by atoms with Crippen molar-refractivity contribution in [3.63, 3.8) is 0 Å². The average molecular weight is 373 g/mol. The first kappa shape index (κ1) is 17.7. The summed E-state index contributed by atoms with van der Waals surface area (Å²) in [6.07, 6.45) is 1.43. The fourth-order valence-electron chi connectivity index (χ4n) is 2.34. The number of nitrogens with one attached hydrogen (secondary N) is 2. The van der Waals surface area contributed by atoms with Crippen LogP contribution in [0.3, 0.4) is 0 Å². The number of H-pyrrole nitrogens is 1. The smallest absolute Gasteiger partial charge is 0.259 e. The topological polar surface area (TPSA) is 71.2 Å². The van der Waals surface area contributed by atoms with E-state index in [9.17, 15) is 14.0 Å². The first-order chi connectivity index (χ1) is 12.4. The van der Waals surface area contributed by atoms with Crippen LogP contribution in [0.1, 0.15) is 15.9 Å². The predicted molar refractivity (Wildman–Crippen MR) is 97.7 cm³/mol. The zero-order valence-corrected chi connectivity index (χ0v) is 14.4. The molecule has 0 bridgehead atoms. The van der Waals surface area contributed by atoms with Gasteiger partial charge in [0.1, 0.15) is 17.3 Å². The van der Waals surface area contributed by atoms with E-state index in [4.69, 9.17) is 16.3 Å². The van der Waals surface area contributed by atoms with E-state index < -0.39 is 5.91 Å². The summed E-state index contributed by atoms with van der Waals surface area (Å²) in [5.74, 6) is -0.198. The van der Waals surface area contributed by atoms with E-state index in [1.807, 2.05) is 0 Å². The summed E-state index contributed by atoms with van der Waals surface area (Å²) in [6.45, 7) is 1.70. The van der Waals surface area contributed by atoms with Crippen LogP contribution >= 0.6 is 11.6 Å². The molecule has 7 heteroatoms. The number of aromatic nitrogens is 1. The van der Waals surface area contributed by atoms with E-state index in [1.165, 1.54) is 36.5 Å². The molecule has 1 amide bonds. The van der Waals surface area contributed by atoms with Crippen molar-refractivity contribution in [3.8, 4) is 11.5 Å². The SMILES string of the molecule is Cc1cc(F)ccc1Oc1ccc(Cl)cc1C(=O)Nc1cc[nH]c(=O)c1. The number of hydrogen-bond acceptors (Lipinski definition) is 3. The van der Waals surface area contributed by atoms with E-state index >= 15 is 0 Å². The van der Waals surface area contributed by atoms with Gasteiger partial charge in [-0.2, -0.15) is 0 Å². The predicted octanol–water partition coefficient (Wildman–Crippen LogP) is 4.52. The number of pyridine rings is 1. The molecule has 26 heavy (non-hydrogen) atoms. The van der Waals surface area contributed by atoms with Crippen LogP contribution in [-0.4, -0.2) is 10.9 Å². The monoisotopic (exact) mass is 372 g/mol. The summed E-state index contributed by atoms with van der Waals surface area (Å²) in [4.78, 5) is 26.4. The largest absolute Gasteiger partial charge is 0.456 e. The molecule has 0 aliphatic carbocycles. The molecule has 0 spiro atoms. The number of rotatable bonds is 4. The number of anilines is 1. The van der Waals surface area contributed by atoms with Crippen LogP contribution in [0, 0.1) is 12.7 Å². The van der Waals surface area contributed by atoms with Crippen LogP contribution in [-0.2, 0) is 0 Å². The maximum Gasteiger partial charge on any atom is 0.259 e. The zero-order chi connectivity index (χ0) is 18.7. The lowest BCUT2D eigenvalue weighted by molar-refractivity contribution is 0.102. The highest BCUT2D eigenvalue weighted by atomic mass is 35.5. The van der Waals surface area contributed by atoms with Crippen molar-refractivity contribution in [3.05, 3.63) is 87.0 Å². The minimum Gasteiger partial charge on any atom is -0.456 e. The number of aromatic amines is 1. The molecule has 2 aromatic carbocycles. The normalized spacial score (nSPS) is 10.4. The Morgan fingerprint density at radius 1 is 1.12 bits per heavy atom. The number of ether oxygens (including phenoxy) is 1. The highest BCUT2D eigenvalue weighted by molar-refractivity contribution is 6.31. The molecule has 0 saturated heterocycles. The van der Waals surface area contributed by atoms with Crippen molar-refractivity contribution in [2.45, 2.75) is 6.92 Å². The van der Waals surface area contributed by atoms with Crippen LogP contribution in [0.5, 0.6) is 11.5 Å². The van der Waals surface area contributed by atoms with Gasteiger partial charge >= 0.3 is 0 Å². The lowest BCUT2D eigenvalue weighted by Gasteiger charge is -2.13. The number of benzene rings is 2. The number of carbonyl (C=O) groups excluding carboxylic acids is 1. The molecular weight excluding hydrogens is 359 g/mol. The van der Waals surface area contributed by atoms with Gasteiger partial charge in [-0.1, -0.05) is 11.6 Å². The van der Waals surface area contributed by atoms with E-state index in [2.05, 4.69) is 10.3 Å². The Bertz CT molecular complexity index is 1030. The molecule has 3 aromatic rings. The first-order valence-corrected chi connectivity index (χ1v) is 8.04. The molecule has 1 aromatic heterocycles. The first-order valence-electron chi connectivity index (χ1n) is 7.66. The summed E-state index contributed by atoms with van der Waals surface area (Å²) >= 11 is 6.00. The Balaban J connectivity index is 1.92. The third-order valence-electron chi connectivity index (χ3n) is 3.58.